The van der Waals surface area contributed by atoms with E-state index in [1.54, 1.807) is 18.9 Å². The van der Waals surface area contributed by atoms with Crippen molar-refractivity contribution in [3.8, 4) is 0 Å². The summed E-state index contributed by atoms with van der Waals surface area (Å²) in [5, 5.41) is 9.37. The third kappa shape index (κ3) is 2.76. The average Bonchev–Trinajstić information content (AvgIpc) is 2.77. The summed E-state index contributed by atoms with van der Waals surface area (Å²) >= 11 is 0. The third-order valence-electron chi connectivity index (χ3n) is 4.47. The van der Waals surface area contributed by atoms with E-state index in [0.717, 1.165) is 25.7 Å². The zero-order valence-electron chi connectivity index (χ0n) is 11.7. The highest BCUT2D eigenvalue weighted by Crippen LogP contribution is 2.40. The standard InChI is InChI=1S/C14H23NO4/c1-9(8-19-2)13(16)15-11-6-4-3-5-10(11)7-12(15)14(17)18/h9-12H,3-8H2,1-2H3,(H,17,18)/t9-,10+,11-,12-/m0/s1. The van der Waals surface area contributed by atoms with E-state index >= 15 is 0 Å². The fourth-order valence-electron chi connectivity index (χ4n) is 3.57. The first kappa shape index (κ1) is 14.3. The summed E-state index contributed by atoms with van der Waals surface area (Å²) < 4.78 is 5.02. The van der Waals surface area contributed by atoms with Gasteiger partial charge in [-0.05, 0) is 25.2 Å². The average molecular weight is 269 g/mol. The van der Waals surface area contributed by atoms with E-state index in [4.69, 9.17) is 4.74 Å². The minimum absolute atomic E-state index is 0.0661. The van der Waals surface area contributed by atoms with Crippen molar-refractivity contribution in [3.63, 3.8) is 0 Å². The Bertz CT molecular complexity index is 357. The lowest BCUT2D eigenvalue weighted by molar-refractivity contribution is -0.152. The Kier molecular flexibility index (Phi) is 4.45. The summed E-state index contributed by atoms with van der Waals surface area (Å²) in [5.41, 5.74) is 0. The summed E-state index contributed by atoms with van der Waals surface area (Å²) in [7, 11) is 1.56. The number of methoxy groups -OCH3 is 1. The van der Waals surface area contributed by atoms with Gasteiger partial charge in [0.05, 0.1) is 12.5 Å². The SMILES string of the molecule is COC[C@H](C)C(=O)N1[C@H](C(=O)O)C[C@H]2CCCC[C@@H]21. The smallest absolute Gasteiger partial charge is 0.326 e. The first-order chi connectivity index (χ1) is 9.06. The first-order valence-electron chi connectivity index (χ1n) is 7.10. The van der Waals surface area contributed by atoms with Gasteiger partial charge in [-0.3, -0.25) is 4.79 Å². The minimum Gasteiger partial charge on any atom is -0.480 e. The quantitative estimate of drug-likeness (QED) is 0.840. The largest absolute Gasteiger partial charge is 0.480 e. The van der Waals surface area contributed by atoms with Gasteiger partial charge in [0.15, 0.2) is 0 Å². The predicted molar refractivity (Wildman–Crippen MR) is 69.7 cm³/mol. The molecular weight excluding hydrogens is 246 g/mol. The molecule has 0 unspecified atom stereocenters. The van der Waals surface area contributed by atoms with Crippen LogP contribution in [0.2, 0.25) is 0 Å². The van der Waals surface area contributed by atoms with E-state index in [1.807, 2.05) is 0 Å². The maximum Gasteiger partial charge on any atom is 0.326 e. The highest BCUT2D eigenvalue weighted by atomic mass is 16.5. The Balaban J connectivity index is 2.17. The number of rotatable bonds is 4. The molecule has 0 aromatic rings. The number of hydrogen-bond acceptors (Lipinski definition) is 3. The maximum atomic E-state index is 12.5. The molecule has 0 aromatic carbocycles. The van der Waals surface area contributed by atoms with Gasteiger partial charge >= 0.3 is 5.97 Å². The lowest BCUT2D eigenvalue weighted by atomic mass is 9.84. The molecule has 2 fully saturated rings. The lowest BCUT2D eigenvalue weighted by Crippen LogP contribution is -2.48. The first-order valence-corrected chi connectivity index (χ1v) is 7.10. The molecule has 0 spiro atoms. The number of carbonyl (C=O) groups excluding carboxylic acids is 1. The number of carboxylic acid groups (broad SMARTS) is 1. The Hall–Kier alpha value is -1.10. The maximum absolute atomic E-state index is 12.5. The van der Waals surface area contributed by atoms with Gasteiger partial charge in [-0.2, -0.15) is 0 Å². The van der Waals surface area contributed by atoms with Crippen LogP contribution in [0, 0.1) is 11.8 Å². The number of carboxylic acids is 1. The molecule has 1 aliphatic carbocycles. The third-order valence-corrected chi connectivity index (χ3v) is 4.47. The summed E-state index contributed by atoms with van der Waals surface area (Å²) in [6, 6.07) is -0.512. The fraction of sp³-hybridized carbons (Fsp3) is 0.857. The van der Waals surface area contributed by atoms with Crippen molar-refractivity contribution in [1.29, 1.82) is 0 Å². The molecule has 5 nitrogen and oxygen atoms in total. The van der Waals surface area contributed by atoms with Gasteiger partial charge in [-0.1, -0.05) is 19.8 Å². The lowest BCUT2D eigenvalue weighted by Gasteiger charge is -2.34. The van der Waals surface area contributed by atoms with E-state index in [2.05, 4.69) is 0 Å². The van der Waals surface area contributed by atoms with Crippen LogP contribution in [0.15, 0.2) is 0 Å². The Labute approximate surface area is 113 Å². The van der Waals surface area contributed by atoms with E-state index in [1.165, 1.54) is 0 Å². The Morgan fingerprint density at radius 1 is 1.37 bits per heavy atom. The molecular formula is C14H23NO4. The number of carbonyl (C=O) groups is 2. The van der Waals surface area contributed by atoms with Crippen LogP contribution in [0.4, 0.5) is 0 Å². The predicted octanol–water partition coefficient (Wildman–Crippen LogP) is 1.51. The monoisotopic (exact) mass is 269 g/mol. The van der Waals surface area contributed by atoms with Crippen LogP contribution in [0.5, 0.6) is 0 Å². The second kappa shape index (κ2) is 5.90. The number of hydrogen-bond donors (Lipinski definition) is 1. The summed E-state index contributed by atoms with van der Waals surface area (Å²) in [5.74, 6) is -0.836. The molecule has 0 radical (unpaired) electrons. The van der Waals surface area contributed by atoms with Crippen molar-refractivity contribution >= 4 is 11.9 Å². The van der Waals surface area contributed by atoms with Crippen LogP contribution in [0.1, 0.15) is 39.0 Å². The van der Waals surface area contributed by atoms with Crippen LogP contribution >= 0.6 is 0 Å². The van der Waals surface area contributed by atoms with Crippen molar-refractivity contribution < 1.29 is 19.4 Å². The van der Waals surface area contributed by atoms with Gasteiger partial charge in [0, 0.05) is 13.2 Å². The second-order valence-corrected chi connectivity index (χ2v) is 5.80. The zero-order chi connectivity index (χ0) is 14.0. The number of likely N-dealkylation sites (tertiary alicyclic amines) is 1. The van der Waals surface area contributed by atoms with Crippen LogP contribution < -0.4 is 0 Å². The number of fused-ring (bicyclic) bond motifs is 1. The number of aliphatic carboxylic acids is 1. The van der Waals surface area contributed by atoms with Crippen LogP contribution in [0.25, 0.3) is 0 Å². The molecule has 5 heteroatoms. The highest BCUT2D eigenvalue weighted by molar-refractivity contribution is 5.86. The van der Waals surface area contributed by atoms with E-state index < -0.39 is 12.0 Å². The molecule has 1 heterocycles. The van der Waals surface area contributed by atoms with Gasteiger partial charge in [-0.25, -0.2) is 4.79 Å². The molecule has 1 saturated heterocycles. The summed E-state index contributed by atoms with van der Waals surface area (Å²) in [6.45, 7) is 2.15. The van der Waals surface area contributed by atoms with Gasteiger partial charge in [0.1, 0.15) is 6.04 Å². The van der Waals surface area contributed by atoms with Crippen molar-refractivity contribution in [3.05, 3.63) is 0 Å². The van der Waals surface area contributed by atoms with E-state index in [0.29, 0.717) is 18.9 Å². The molecule has 4 atom stereocenters. The van der Waals surface area contributed by atoms with Crippen molar-refractivity contribution in [2.24, 2.45) is 11.8 Å². The topological polar surface area (TPSA) is 66.8 Å². The van der Waals surface area contributed by atoms with Crippen LogP contribution in [-0.2, 0) is 14.3 Å². The molecule has 0 bridgehead atoms. The molecule has 0 aromatic heterocycles. The molecule has 1 saturated carbocycles. The fourth-order valence-corrected chi connectivity index (χ4v) is 3.57. The highest BCUT2D eigenvalue weighted by Gasteiger charge is 2.48. The zero-order valence-corrected chi connectivity index (χ0v) is 11.7. The van der Waals surface area contributed by atoms with Crippen LogP contribution in [0.3, 0.4) is 0 Å². The summed E-state index contributed by atoms with van der Waals surface area (Å²) in [6.07, 6.45) is 4.86. The molecule has 2 aliphatic rings. The van der Waals surface area contributed by atoms with Crippen molar-refractivity contribution in [2.45, 2.75) is 51.1 Å². The number of ether oxygens (including phenoxy) is 1. The van der Waals surface area contributed by atoms with E-state index in [9.17, 15) is 14.7 Å². The molecule has 1 amide bonds. The Morgan fingerprint density at radius 2 is 2.05 bits per heavy atom. The van der Waals surface area contributed by atoms with Gasteiger partial charge in [0.25, 0.3) is 0 Å². The second-order valence-electron chi connectivity index (χ2n) is 5.80. The van der Waals surface area contributed by atoms with E-state index in [-0.39, 0.29) is 17.9 Å². The minimum atomic E-state index is -0.868. The van der Waals surface area contributed by atoms with Gasteiger partial charge in [0.2, 0.25) is 5.91 Å². The Morgan fingerprint density at radius 3 is 2.68 bits per heavy atom. The van der Waals surface area contributed by atoms with Crippen molar-refractivity contribution in [1.82, 2.24) is 4.90 Å². The molecule has 2 rings (SSSR count). The molecule has 19 heavy (non-hydrogen) atoms. The number of nitrogens with zero attached hydrogens (tertiary/aromatic N) is 1. The normalized spacial score (nSPS) is 31.9. The van der Waals surface area contributed by atoms with Gasteiger partial charge < -0.3 is 14.7 Å². The molecule has 1 aliphatic heterocycles. The molecule has 108 valence electrons. The van der Waals surface area contributed by atoms with Crippen molar-refractivity contribution in [2.75, 3.05) is 13.7 Å². The summed E-state index contributed by atoms with van der Waals surface area (Å²) in [4.78, 5) is 25.6. The van der Waals surface area contributed by atoms with Crippen LogP contribution in [-0.4, -0.2) is 47.7 Å². The van der Waals surface area contributed by atoms with Gasteiger partial charge in [-0.15, -0.1) is 0 Å². The number of amides is 1. The molecule has 1 N–H and O–H groups in total.